The molecule has 0 radical (unpaired) electrons. The van der Waals surface area contributed by atoms with Crippen molar-refractivity contribution in [2.45, 2.75) is 71.0 Å². The quantitative estimate of drug-likeness (QED) is 0.563. The lowest BCUT2D eigenvalue weighted by atomic mass is 9.76. The van der Waals surface area contributed by atoms with Crippen LogP contribution in [0.5, 0.6) is 0 Å². The molecule has 1 aliphatic heterocycles. The zero-order chi connectivity index (χ0) is 22.1. The van der Waals surface area contributed by atoms with Gasteiger partial charge < -0.3 is 9.84 Å². The van der Waals surface area contributed by atoms with Crippen molar-refractivity contribution in [3.63, 3.8) is 0 Å². The number of carbonyl (C=O) groups is 1. The monoisotopic (exact) mass is 428 g/mol. The average Bonchev–Trinajstić information content (AvgIpc) is 2.74. The van der Waals surface area contributed by atoms with E-state index in [2.05, 4.69) is 6.92 Å². The number of hydrogen-bond donors (Lipinski definition) is 1. The molecule has 1 heterocycles. The van der Waals surface area contributed by atoms with Gasteiger partial charge in [0.2, 0.25) is 0 Å². The second kappa shape index (κ2) is 9.07. The highest BCUT2D eigenvalue weighted by Crippen LogP contribution is 2.39. The molecule has 0 amide bonds. The van der Waals surface area contributed by atoms with Crippen molar-refractivity contribution in [1.29, 1.82) is 0 Å². The molecule has 2 aromatic rings. The SMILES string of the molecule is CCCC1CCC(C2Cc3ccc(-c4ccc(C(C)O)c(F)c4)c(F)c3C(=O)O2)CC1. The van der Waals surface area contributed by atoms with E-state index < -0.39 is 23.7 Å². The molecular weight excluding hydrogens is 398 g/mol. The van der Waals surface area contributed by atoms with Crippen LogP contribution in [-0.2, 0) is 11.2 Å². The van der Waals surface area contributed by atoms with Gasteiger partial charge in [0.1, 0.15) is 17.7 Å². The Morgan fingerprint density at radius 3 is 2.52 bits per heavy atom. The molecule has 0 spiro atoms. The van der Waals surface area contributed by atoms with Crippen LogP contribution >= 0.6 is 0 Å². The number of fused-ring (bicyclic) bond motifs is 1. The van der Waals surface area contributed by atoms with Gasteiger partial charge in [-0.05, 0) is 48.8 Å². The number of rotatable bonds is 5. The van der Waals surface area contributed by atoms with Gasteiger partial charge in [0, 0.05) is 17.5 Å². The third-order valence-electron chi connectivity index (χ3n) is 6.99. The van der Waals surface area contributed by atoms with Crippen LogP contribution in [0.4, 0.5) is 8.78 Å². The van der Waals surface area contributed by atoms with Gasteiger partial charge in [-0.1, -0.05) is 56.9 Å². The van der Waals surface area contributed by atoms with E-state index >= 15 is 4.39 Å². The van der Waals surface area contributed by atoms with Gasteiger partial charge in [-0.3, -0.25) is 0 Å². The van der Waals surface area contributed by atoms with E-state index in [1.807, 2.05) is 0 Å². The van der Waals surface area contributed by atoms with Crippen molar-refractivity contribution in [3.05, 3.63) is 58.7 Å². The molecule has 2 unspecified atom stereocenters. The molecule has 166 valence electrons. The van der Waals surface area contributed by atoms with Gasteiger partial charge in [0.05, 0.1) is 11.7 Å². The highest BCUT2D eigenvalue weighted by atomic mass is 19.1. The summed E-state index contributed by atoms with van der Waals surface area (Å²) < 4.78 is 35.3. The third kappa shape index (κ3) is 4.38. The molecule has 1 saturated carbocycles. The lowest BCUT2D eigenvalue weighted by molar-refractivity contribution is -0.000878. The Morgan fingerprint density at radius 1 is 1.13 bits per heavy atom. The molecule has 1 N–H and O–H groups in total. The first kappa shape index (κ1) is 21.9. The van der Waals surface area contributed by atoms with Gasteiger partial charge in [0.15, 0.2) is 0 Å². The maximum Gasteiger partial charge on any atom is 0.341 e. The van der Waals surface area contributed by atoms with Crippen LogP contribution < -0.4 is 0 Å². The summed E-state index contributed by atoms with van der Waals surface area (Å²) in [6.07, 6.45) is 6.27. The number of hydrogen-bond acceptors (Lipinski definition) is 3. The van der Waals surface area contributed by atoms with Crippen LogP contribution in [0, 0.1) is 23.5 Å². The first-order valence-corrected chi connectivity index (χ1v) is 11.4. The number of esters is 1. The molecule has 1 fully saturated rings. The lowest BCUT2D eigenvalue weighted by Crippen LogP contribution is -2.36. The van der Waals surface area contributed by atoms with Crippen LogP contribution in [0.25, 0.3) is 11.1 Å². The lowest BCUT2D eigenvalue weighted by Gasteiger charge is -2.36. The summed E-state index contributed by atoms with van der Waals surface area (Å²) in [6.45, 7) is 3.69. The number of ether oxygens (including phenoxy) is 1. The second-order valence-electron chi connectivity index (χ2n) is 9.09. The standard InChI is InChI=1S/C26H30F2O3/c1-3-4-16-5-7-17(8-6-16)23-14-19-10-12-21(25(28)24(19)26(30)31-23)18-9-11-20(15(2)29)22(27)13-18/h9-13,15-17,23,29H,3-8,14H2,1-2H3. The predicted octanol–water partition coefficient (Wildman–Crippen LogP) is 6.37. The molecule has 4 rings (SSSR count). The van der Waals surface area contributed by atoms with Gasteiger partial charge in [0.25, 0.3) is 0 Å². The Balaban J connectivity index is 1.56. The fraction of sp³-hybridized carbons (Fsp3) is 0.500. The number of aliphatic hydroxyl groups excluding tert-OH is 1. The van der Waals surface area contributed by atoms with Crippen LogP contribution in [0.3, 0.4) is 0 Å². The molecular formula is C26H30F2O3. The molecule has 0 bridgehead atoms. The van der Waals surface area contributed by atoms with E-state index in [1.165, 1.54) is 44.7 Å². The summed E-state index contributed by atoms with van der Waals surface area (Å²) >= 11 is 0. The Kier molecular flexibility index (Phi) is 6.42. The molecule has 0 aromatic heterocycles. The number of cyclic esters (lactones) is 1. The van der Waals surface area contributed by atoms with E-state index in [1.54, 1.807) is 18.2 Å². The van der Waals surface area contributed by atoms with Crippen LogP contribution in [0.2, 0.25) is 0 Å². The Labute approximate surface area is 182 Å². The zero-order valence-corrected chi connectivity index (χ0v) is 18.2. The van der Waals surface area contributed by atoms with E-state index in [-0.39, 0.29) is 22.8 Å². The molecule has 2 atom stereocenters. The Morgan fingerprint density at radius 2 is 1.87 bits per heavy atom. The van der Waals surface area contributed by atoms with Crippen LogP contribution in [-0.4, -0.2) is 17.2 Å². The van der Waals surface area contributed by atoms with E-state index in [9.17, 15) is 14.3 Å². The first-order valence-electron chi connectivity index (χ1n) is 11.4. The summed E-state index contributed by atoms with van der Waals surface area (Å²) in [4.78, 5) is 12.8. The molecule has 2 aromatic carbocycles. The second-order valence-corrected chi connectivity index (χ2v) is 9.09. The summed E-state index contributed by atoms with van der Waals surface area (Å²) in [5, 5.41) is 9.61. The molecule has 3 nitrogen and oxygen atoms in total. The maximum atomic E-state index is 15.3. The number of aliphatic hydroxyl groups is 1. The van der Waals surface area contributed by atoms with Gasteiger partial charge in [-0.15, -0.1) is 0 Å². The zero-order valence-electron chi connectivity index (χ0n) is 18.2. The minimum absolute atomic E-state index is 0.0339. The Hall–Kier alpha value is -2.27. The fourth-order valence-corrected chi connectivity index (χ4v) is 5.24. The summed E-state index contributed by atoms with van der Waals surface area (Å²) in [6, 6.07) is 7.57. The average molecular weight is 429 g/mol. The molecule has 1 aliphatic carbocycles. The van der Waals surface area contributed by atoms with Crippen molar-refractivity contribution in [1.82, 2.24) is 0 Å². The minimum atomic E-state index is -0.952. The van der Waals surface area contributed by atoms with Crippen molar-refractivity contribution in [2.75, 3.05) is 0 Å². The topological polar surface area (TPSA) is 46.5 Å². The molecule has 2 aliphatic rings. The minimum Gasteiger partial charge on any atom is -0.458 e. The van der Waals surface area contributed by atoms with Gasteiger partial charge in [-0.2, -0.15) is 0 Å². The number of carbonyl (C=O) groups excluding carboxylic acids is 1. The number of benzene rings is 2. The molecule has 5 heteroatoms. The van der Waals surface area contributed by atoms with Crippen molar-refractivity contribution in [2.24, 2.45) is 11.8 Å². The first-order chi connectivity index (χ1) is 14.9. The Bertz CT molecular complexity index is 961. The van der Waals surface area contributed by atoms with E-state index in [0.717, 1.165) is 18.8 Å². The highest BCUT2D eigenvalue weighted by molar-refractivity contribution is 5.94. The smallest absolute Gasteiger partial charge is 0.341 e. The highest BCUT2D eigenvalue weighted by Gasteiger charge is 2.36. The van der Waals surface area contributed by atoms with E-state index in [4.69, 9.17) is 4.74 Å². The largest absolute Gasteiger partial charge is 0.458 e. The van der Waals surface area contributed by atoms with Crippen molar-refractivity contribution in [3.8, 4) is 11.1 Å². The van der Waals surface area contributed by atoms with Gasteiger partial charge >= 0.3 is 5.97 Å². The van der Waals surface area contributed by atoms with Gasteiger partial charge in [-0.25, -0.2) is 13.6 Å². The van der Waals surface area contributed by atoms with Crippen molar-refractivity contribution < 1.29 is 23.4 Å². The molecule has 31 heavy (non-hydrogen) atoms. The normalized spacial score (nSPS) is 24.4. The third-order valence-corrected chi connectivity index (χ3v) is 6.99. The maximum absolute atomic E-state index is 15.3. The van der Waals surface area contributed by atoms with Crippen LogP contribution in [0.1, 0.15) is 80.0 Å². The summed E-state index contributed by atoms with van der Waals surface area (Å²) in [5.74, 6) is -0.798. The summed E-state index contributed by atoms with van der Waals surface area (Å²) in [5.41, 5.74) is 1.27. The van der Waals surface area contributed by atoms with Crippen LogP contribution in [0.15, 0.2) is 30.3 Å². The predicted molar refractivity (Wildman–Crippen MR) is 116 cm³/mol. The number of halogens is 2. The molecule has 0 saturated heterocycles. The summed E-state index contributed by atoms with van der Waals surface area (Å²) in [7, 11) is 0. The fourth-order valence-electron chi connectivity index (χ4n) is 5.24. The van der Waals surface area contributed by atoms with E-state index in [0.29, 0.717) is 23.5 Å². The van der Waals surface area contributed by atoms with Crippen molar-refractivity contribution >= 4 is 5.97 Å².